The second-order valence-electron chi connectivity index (χ2n) is 8.23. The van der Waals surface area contributed by atoms with Crippen molar-refractivity contribution in [2.24, 2.45) is 4.99 Å². The molecule has 0 saturated carbocycles. The van der Waals surface area contributed by atoms with E-state index in [2.05, 4.69) is 50.9 Å². The molecule has 1 aromatic carbocycles. The standard InChI is InChI=1S/C22H27NO2S/c1-6-25-20(24)16-12-19(26-14-16)23-13-15-7-8-17-18(11-15)22(4,5)10-9-21(17,2)3/h7-8,11-14H,6,9-10H2,1-5H3. The smallest absolute Gasteiger partial charge is 0.339 e. The van der Waals surface area contributed by atoms with Gasteiger partial charge in [-0.1, -0.05) is 39.8 Å². The Kier molecular flexibility index (Phi) is 5.07. The topological polar surface area (TPSA) is 38.7 Å². The number of ether oxygens (including phenoxy) is 1. The molecule has 0 saturated heterocycles. The maximum absolute atomic E-state index is 11.8. The lowest BCUT2D eigenvalue weighted by molar-refractivity contribution is 0.0527. The third kappa shape index (κ3) is 3.75. The number of carbonyl (C=O) groups excluding carboxylic acids is 1. The van der Waals surface area contributed by atoms with E-state index in [1.165, 1.54) is 35.3 Å². The van der Waals surface area contributed by atoms with Crippen LogP contribution < -0.4 is 0 Å². The van der Waals surface area contributed by atoms with Crippen molar-refractivity contribution in [1.29, 1.82) is 0 Å². The number of hydrogen-bond acceptors (Lipinski definition) is 4. The molecule has 3 nitrogen and oxygen atoms in total. The van der Waals surface area contributed by atoms with E-state index in [0.29, 0.717) is 12.2 Å². The van der Waals surface area contributed by atoms with Gasteiger partial charge >= 0.3 is 5.97 Å². The van der Waals surface area contributed by atoms with E-state index in [1.807, 2.05) is 13.1 Å². The SMILES string of the molecule is CCOC(=O)c1csc(N=Cc2ccc3c(c2)C(C)(C)CCC3(C)C)c1. The molecule has 0 spiro atoms. The highest BCUT2D eigenvalue weighted by molar-refractivity contribution is 7.14. The number of benzene rings is 1. The van der Waals surface area contributed by atoms with Crippen molar-refractivity contribution in [2.75, 3.05) is 6.61 Å². The van der Waals surface area contributed by atoms with Gasteiger partial charge in [0, 0.05) is 11.6 Å². The third-order valence-electron chi connectivity index (χ3n) is 5.31. The van der Waals surface area contributed by atoms with Gasteiger partial charge in [0.15, 0.2) is 0 Å². The summed E-state index contributed by atoms with van der Waals surface area (Å²) in [5.74, 6) is -0.289. The van der Waals surface area contributed by atoms with Crippen LogP contribution >= 0.6 is 11.3 Å². The van der Waals surface area contributed by atoms with Crippen molar-refractivity contribution in [3.05, 3.63) is 51.9 Å². The number of rotatable bonds is 4. The second kappa shape index (κ2) is 6.99. The van der Waals surface area contributed by atoms with Gasteiger partial charge in [0.1, 0.15) is 5.00 Å². The number of hydrogen-bond donors (Lipinski definition) is 0. The number of thiophene rings is 1. The second-order valence-corrected chi connectivity index (χ2v) is 9.11. The Morgan fingerprint density at radius 3 is 2.54 bits per heavy atom. The van der Waals surface area contributed by atoms with Crippen LogP contribution in [0, 0.1) is 0 Å². The summed E-state index contributed by atoms with van der Waals surface area (Å²) in [6.45, 7) is 11.5. The Morgan fingerprint density at radius 2 is 1.85 bits per heavy atom. The lowest BCUT2D eigenvalue weighted by Crippen LogP contribution is -2.33. The van der Waals surface area contributed by atoms with Crippen molar-refractivity contribution in [1.82, 2.24) is 0 Å². The molecular formula is C22H27NO2S. The summed E-state index contributed by atoms with van der Waals surface area (Å²) in [6.07, 6.45) is 4.30. The third-order valence-corrected chi connectivity index (χ3v) is 6.15. The molecule has 1 heterocycles. The molecule has 0 bridgehead atoms. The van der Waals surface area contributed by atoms with Crippen molar-refractivity contribution in [2.45, 2.75) is 58.3 Å². The van der Waals surface area contributed by atoms with Gasteiger partial charge in [-0.05, 0) is 59.4 Å². The molecule has 1 aromatic heterocycles. The summed E-state index contributed by atoms with van der Waals surface area (Å²) in [6, 6.07) is 8.46. The average Bonchev–Trinajstić information content (AvgIpc) is 3.07. The maximum atomic E-state index is 11.8. The van der Waals surface area contributed by atoms with E-state index >= 15 is 0 Å². The Balaban J connectivity index is 1.85. The molecule has 4 heteroatoms. The summed E-state index contributed by atoms with van der Waals surface area (Å²) < 4.78 is 5.02. The monoisotopic (exact) mass is 369 g/mol. The highest BCUT2D eigenvalue weighted by atomic mass is 32.1. The van der Waals surface area contributed by atoms with Crippen molar-refractivity contribution < 1.29 is 9.53 Å². The number of fused-ring (bicyclic) bond motifs is 1. The highest BCUT2D eigenvalue weighted by Crippen LogP contribution is 2.45. The summed E-state index contributed by atoms with van der Waals surface area (Å²) in [5, 5.41) is 2.61. The first-order chi connectivity index (χ1) is 12.2. The molecule has 1 aliphatic carbocycles. The molecule has 2 aromatic rings. The summed E-state index contributed by atoms with van der Waals surface area (Å²) >= 11 is 1.45. The molecule has 0 radical (unpaired) electrons. The van der Waals surface area contributed by atoms with E-state index in [0.717, 1.165) is 10.6 Å². The summed E-state index contributed by atoms with van der Waals surface area (Å²) in [5.41, 5.74) is 4.96. The van der Waals surface area contributed by atoms with E-state index < -0.39 is 0 Å². The zero-order valence-corrected chi connectivity index (χ0v) is 17.1. The van der Waals surface area contributed by atoms with Gasteiger partial charge in [-0.15, -0.1) is 11.3 Å². The molecule has 26 heavy (non-hydrogen) atoms. The maximum Gasteiger partial charge on any atom is 0.339 e. The summed E-state index contributed by atoms with van der Waals surface area (Å²) in [4.78, 5) is 16.3. The van der Waals surface area contributed by atoms with Crippen molar-refractivity contribution in [3.63, 3.8) is 0 Å². The zero-order valence-electron chi connectivity index (χ0n) is 16.3. The normalized spacial score (nSPS) is 17.9. The molecule has 0 atom stereocenters. The first-order valence-corrected chi connectivity index (χ1v) is 10.1. The number of nitrogens with zero attached hydrogens (tertiary/aromatic N) is 1. The van der Waals surface area contributed by atoms with Gasteiger partial charge in [-0.25, -0.2) is 9.79 Å². The van der Waals surface area contributed by atoms with Crippen LogP contribution in [-0.2, 0) is 15.6 Å². The minimum atomic E-state index is -0.289. The first kappa shape index (κ1) is 18.8. The van der Waals surface area contributed by atoms with Gasteiger partial charge in [-0.2, -0.15) is 0 Å². The number of carbonyl (C=O) groups is 1. The van der Waals surface area contributed by atoms with Gasteiger partial charge in [0.25, 0.3) is 0 Å². The average molecular weight is 370 g/mol. The zero-order chi connectivity index (χ0) is 18.9. The predicted octanol–water partition coefficient (Wildman–Crippen LogP) is 6.02. The number of esters is 1. The fraction of sp³-hybridized carbons (Fsp3) is 0.455. The molecule has 0 aliphatic heterocycles. The van der Waals surface area contributed by atoms with Crippen molar-refractivity contribution >= 4 is 28.5 Å². The number of aliphatic imine (C=N–C) groups is 1. The fourth-order valence-corrected chi connectivity index (χ4v) is 4.26. The predicted molar refractivity (Wildman–Crippen MR) is 109 cm³/mol. The van der Waals surface area contributed by atoms with Crippen molar-refractivity contribution in [3.8, 4) is 0 Å². The van der Waals surface area contributed by atoms with Crippen LogP contribution in [0.25, 0.3) is 0 Å². The van der Waals surface area contributed by atoms with E-state index in [1.54, 1.807) is 11.4 Å². The molecule has 0 amide bonds. The van der Waals surface area contributed by atoms with E-state index in [-0.39, 0.29) is 16.8 Å². The first-order valence-electron chi connectivity index (χ1n) is 9.18. The Labute approximate surface area is 160 Å². The van der Waals surface area contributed by atoms with Crippen LogP contribution in [0.3, 0.4) is 0 Å². The largest absolute Gasteiger partial charge is 0.462 e. The Hall–Kier alpha value is -1.94. The summed E-state index contributed by atoms with van der Waals surface area (Å²) in [7, 11) is 0. The Bertz CT molecular complexity index is 846. The highest BCUT2D eigenvalue weighted by Gasteiger charge is 2.36. The molecule has 138 valence electrons. The molecule has 0 N–H and O–H groups in total. The molecule has 1 aliphatic rings. The quantitative estimate of drug-likeness (QED) is 0.488. The van der Waals surface area contributed by atoms with Gasteiger partial charge in [0.2, 0.25) is 0 Å². The van der Waals surface area contributed by atoms with Crippen LogP contribution in [-0.4, -0.2) is 18.8 Å². The van der Waals surface area contributed by atoms with Gasteiger partial charge in [0.05, 0.1) is 12.2 Å². The van der Waals surface area contributed by atoms with Crippen LogP contribution in [0.1, 0.15) is 74.5 Å². The van der Waals surface area contributed by atoms with Gasteiger partial charge < -0.3 is 4.74 Å². The van der Waals surface area contributed by atoms with Crippen LogP contribution in [0.4, 0.5) is 5.00 Å². The van der Waals surface area contributed by atoms with E-state index in [4.69, 9.17) is 4.74 Å². The lowest BCUT2D eigenvalue weighted by atomic mass is 9.63. The molecular weight excluding hydrogens is 342 g/mol. The minimum Gasteiger partial charge on any atom is -0.462 e. The molecule has 0 fully saturated rings. The van der Waals surface area contributed by atoms with E-state index in [9.17, 15) is 4.79 Å². The van der Waals surface area contributed by atoms with Crippen LogP contribution in [0.2, 0.25) is 0 Å². The van der Waals surface area contributed by atoms with Crippen LogP contribution in [0.15, 0.2) is 34.6 Å². The molecule has 0 unspecified atom stereocenters. The van der Waals surface area contributed by atoms with Crippen LogP contribution in [0.5, 0.6) is 0 Å². The minimum absolute atomic E-state index is 0.189. The lowest BCUT2D eigenvalue weighted by Gasteiger charge is -2.42. The Morgan fingerprint density at radius 1 is 1.15 bits per heavy atom. The molecule has 3 rings (SSSR count). The fourth-order valence-electron chi connectivity index (χ4n) is 3.54. The van der Waals surface area contributed by atoms with Gasteiger partial charge in [-0.3, -0.25) is 0 Å².